The number of hydrogen-bond acceptors (Lipinski definition) is 4. The molecule has 1 atom stereocenters. The molecule has 3 aliphatic rings. The van der Waals surface area contributed by atoms with E-state index >= 15 is 0 Å². The van der Waals surface area contributed by atoms with Crippen LogP contribution in [0.5, 0.6) is 11.5 Å². The molecule has 5 rings (SSSR count). The molecule has 32 heavy (non-hydrogen) atoms. The van der Waals surface area contributed by atoms with Crippen LogP contribution in [0.15, 0.2) is 42.5 Å². The quantitative estimate of drug-likeness (QED) is 0.733. The van der Waals surface area contributed by atoms with Crippen molar-refractivity contribution < 1.29 is 19.1 Å². The molecule has 2 aromatic rings. The number of rotatable bonds is 6. The van der Waals surface area contributed by atoms with Crippen molar-refractivity contribution in [3.05, 3.63) is 59.2 Å². The molecule has 6 heteroatoms. The van der Waals surface area contributed by atoms with Gasteiger partial charge in [0.2, 0.25) is 12.7 Å². The van der Waals surface area contributed by atoms with E-state index in [1.807, 2.05) is 47.4 Å². The molecule has 0 saturated heterocycles. The van der Waals surface area contributed by atoms with E-state index in [4.69, 9.17) is 9.47 Å². The van der Waals surface area contributed by atoms with Gasteiger partial charge < -0.3 is 19.7 Å². The molecule has 1 aliphatic carbocycles. The Morgan fingerprint density at radius 1 is 1.12 bits per heavy atom. The Kier molecular flexibility index (Phi) is 5.53. The lowest BCUT2D eigenvalue weighted by atomic mass is 9.71. The van der Waals surface area contributed by atoms with Crippen LogP contribution in [0.25, 0.3) is 0 Å². The Morgan fingerprint density at radius 3 is 2.72 bits per heavy atom. The maximum Gasteiger partial charge on any atom is 0.254 e. The number of nitrogens with zero attached hydrogens (tertiary/aromatic N) is 1. The first-order valence-electron chi connectivity index (χ1n) is 11.7. The smallest absolute Gasteiger partial charge is 0.254 e. The molecule has 2 aliphatic heterocycles. The second kappa shape index (κ2) is 8.49. The van der Waals surface area contributed by atoms with E-state index in [1.54, 1.807) is 0 Å². The molecule has 1 saturated carbocycles. The van der Waals surface area contributed by atoms with Gasteiger partial charge in [0, 0.05) is 18.7 Å². The summed E-state index contributed by atoms with van der Waals surface area (Å²) in [5.74, 6) is 1.16. The minimum absolute atomic E-state index is 0.00832. The van der Waals surface area contributed by atoms with Crippen molar-refractivity contribution in [1.82, 2.24) is 10.2 Å². The number of amides is 2. The van der Waals surface area contributed by atoms with Crippen molar-refractivity contribution in [2.75, 3.05) is 13.3 Å². The topological polar surface area (TPSA) is 67.9 Å². The van der Waals surface area contributed by atoms with Gasteiger partial charge in [-0.3, -0.25) is 9.59 Å². The second-order valence-electron chi connectivity index (χ2n) is 9.05. The number of unbranched alkanes of at least 4 members (excludes halogenated alkanes) is 1. The molecule has 1 fully saturated rings. The van der Waals surface area contributed by atoms with Crippen LogP contribution < -0.4 is 14.8 Å². The van der Waals surface area contributed by atoms with Crippen LogP contribution in [-0.2, 0) is 11.3 Å². The molecule has 0 bridgehead atoms. The van der Waals surface area contributed by atoms with Crippen LogP contribution in [0.1, 0.15) is 72.9 Å². The maximum absolute atomic E-state index is 13.8. The summed E-state index contributed by atoms with van der Waals surface area (Å²) in [5, 5.41) is 3.17. The van der Waals surface area contributed by atoms with Crippen molar-refractivity contribution in [3.8, 4) is 11.5 Å². The van der Waals surface area contributed by atoms with Gasteiger partial charge in [0.15, 0.2) is 11.5 Å². The lowest BCUT2D eigenvalue weighted by Gasteiger charge is -2.50. The van der Waals surface area contributed by atoms with E-state index in [0.29, 0.717) is 24.4 Å². The summed E-state index contributed by atoms with van der Waals surface area (Å²) >= 11 is 0. The molecule has 2 amide bonds. The molecule has 2 aromatic carbocycles. The molecule has 1 unspecified atom stereocenters. The van der Waals surface area contributed by atoms with Gasteiger partial charge in [-0.25, -0.2) is 0 Å². The molecule has 1 spiro atoms. The van der Waals surface area contributed by atoms with Gasteiger partial charge in [-0.1, -0.05) is 50.5 Å². The molecule has 2 heterocycles. The lowest BCUT2D eigenvalue weighted by molar-refractivity contribution is -0.126. The van der Waals surface area contributed by atoms with Gasteiger partial charge in [0.1, 0.15) is 0 Å². The Labute approximate surface area is 188 Å². The summed E-state index contributed by atoms with van der Waals surface area (Å²) in [4.78, 5) is 29.3. The summed E-state index contributed by atoms with van der Waals surface area (Å²) in [6.45, 7) is 3.48. The van der Waals surface area contributed by atoms with E-state index < -0.39 is 5.54 Å². The number of nitrogens with one attached hydrogen (secondary N) is 1. The fourth-order valence-corrected chi connectivity index (χ4v) is 5.65. The molecule has 6 nitrogen and oxygen atoms in total. The fraction of sp³-hybridized carbons (Fsp3) is 0.462. The summed E-state index contributed by atoms with van der Waals surface area (Å²) in [6, 6.07) is 13.4. The van der Waals surface area contributed by atoms with Gasteiger partial charge in [0.25, 0.3) is 5.91 Å². The van der Waals surface area contributed by atoms with E-state index in [-0.39, 0.29) is 24.5 Å². The van der Waals surface area contributed by atoms with Gasteiger partial charge in [-0.15, -0.1) is 0 Å². The molecule has 0 radical (unpaired) electrons. The van der Waals surface area contributed by atoms with Crippen LogP contribution >= 0.6 is 0 Å². The van der Waals surface area contributed by atoms with E-state index in [2.05, 4.69) is 12.2 Å². The number of carbonyl (C=O) groups is 2. The average molecular weight is 435 g/mol. The molecular formula is C26H30N2O4. The first-order chi connectivity index (χ1) is 15.6. The number of carbonyl (C=O) groups excluding carboxylic acids is 2. The van der Waals surface area contributed by atoms with Crippen LogP contribution in [0, 0.1) is 0 Å². The fourth-order valence-electron chi connectivity index (χ4n) is 5.65. The number of ether oxygens (including phenoxy) is 2. The van der Waals surface area contributed by atoms with E-state index in [9.17, 15) is 9.59 Å². The van der Waals surface area contributed by atoms with Crippen molar-refractivity contribution >= 4 is 11.8 Å². The van der Waals surface area contributed by atoms with E-state index in [0.717, 1.165) is 55.4 Å². The average Bonchev–Trinajstić information content (AvgIpc) is 3.48. The summed E-state index contributed by atoms with van der Waals surface area (Å²) in [6.07, 6.45) is 5.80. The second-order valence-corrected chi connectivity index (χ2v) is 9.05. The lowest BCUT2D eigenvalue weighted by Crippen LogP contribution is -2.60. The predicted octanol–water partition coefficient (Wildman–Crippen LogP) is 4.38. The zero-order valence-electron chi connectivity index (χ0n) is 18.6. The minimum atomic E-state index is -0.431. The largest absolute Gasteiger partial charge is 0.454 e. The van der Waals surface area contributed by atoms with Crippen LogP contribution in [-0.4, -0.2) is 35.6 Å². The summed E-state index contributed by atoms with van der Waals surface area (Å²) < 4.78 is 10.9. The number of benzene rings is 2. The van der Waals surface area contributed by atoms with Crippen molar-refractivity contribution in [2.24, 2.45) is 0 Å². The molecule has 0 aromatic heterocycles. The molecular weight excluding hydrogens is 404 g/mol. The zero-order chi connectivity index (χ0) is 22.1. The standard InChI is InChI=1S/C26H30N2O4/c1-2-3-14-28-25(30)20-9-5-4-8-19(20)23(26(28)12-6-7-13-26)24(29)27-16-18-10-11-21-22(15-18)32-17-31-21/h4-5,8-11,15,23H,2-3,6-7,12-14,16-17H2,1H3,(H,27,29). The van der Waals surface area contributed by atoms with Crippen molar-refractivity contribution in [3.63, 3.8) is 0 Å². The van der Waals surface area contributed by atoms with Crippen LogP contribution in [0.2, 0.25) is 0 Å². The highest BCUT2D eigenvalue weighted by atomic mass is 16.7. The highest BCUT2D eigenvalue weighted by Crippen LogP contribution is 2.50. The number of hydrogen-bond donors (Lipinski definition) is 1. The normalized spacial score (nSPS) is 20.5. The Balaban J connectivity index is 1.46. The van der Waals surface area contributed by atoms with Gasteiger partial charge in [-0.05, 0) is 48.6 Å². The Bertz CT molecular complexity index is 1030. The SMILES string of the molecule is CCCCN1C(=O)c2ccccc2C(C(=O)NCc2ccc3c(c2)OCO3)C12CCCC2. The third kappa shape index (κ3) is 3.42. The predicted molar refractivity (Wildman–Crippen MR) is 121 cm³/mol. The summed E-state index contributed by atoms with van der Waals surface area (Å²) in [7, 11) is 0. The molecule has 168 valence electrons. The Morgan fingerprint density at radius 2 is 1.91 bits per heavy atom. The van der Waals surface area contributed by atoms with Crippen molar-refractivity contribution in [2.45, 2.75) is 63.5 Å². The minimum Gasteiger partial charge on any atom is -0.454 e. The monoisotopic (exact) mass is 434 g/mol. The van der Waals surface area contributed by atoms with Crippen molar-refractivity contribution in [1.29, 1.82) is 0 Å². The summed E-state index contributed by atoms with van der Waals surface area (Å²) in [5.41, 5.74) is 2.07. The van der Waals surface area contributed by atoms with E-state index in [1.165, 1.54) is 0 Å². The van der Waals surface area contributed by atoms with Gasteiger partial charge >= 0.3 is 0 Å². The first-order valence-corrected chi connectivity index (χ1v) is 11.7. The maximum atomic E-state index is 13.8. The first kappa shape index (κ1) is 20.9. The van der Waals surface area contributed by atoms with Gasteiger partial charge in [-0.2, -0.15) is 0 Å². The zero-order valence-corrected chi connectivity index (χ0v) is 18.6. The van der Waals surface area contributed by atoms with Crippen LogP contribution in [0.4, 0.5) is 0 Å². The molecule has 1 N–H and O–H groups in total. The third-order valence-electron chi connectivity index (χ3n) is 7.19. The third-order valence-corrected chi connectivity index (χ3v) is 7.19. The number of fused-ring (bicyclic) bond motifs is 2. The van der Waals surface area contributed by atoms with Crippen LogP contribution in [0.3, 0.4) is 0 Å². The Hall–Kier alpha value is -3.02. The highest BCUT2D eigenvalue weighted by Gasteiger charge is 2.55. The van der Waals surface area contributed by atoms with Gasteiger partial charge in [0.05, 0.1) is 11.5 Å². The highest BCUT2D eigenvalue weighted by molar-refractivity contribution is 6.02.